The molecule has 0 unspecified atom stereocenters. The minimum absolute atomic E-state index is 0.0567. The van der Waals surface area contributed by atoms with Crippen LogP contribution < -0.4 is 4.72 Å². The van der Waals surface area contributed by atoms with E-state index < -0.39 is 16.0 Å². The second-order valence-electron chi connectivity index (χ2n) is 4.23. The number of aromatic nitrogens is 2. The Morgan fingerprint density at radius 3 is 2.60 bits per heavy atom. The number of hydrogen-bond donors (Lipinski definition) is 3. The number of carboxylic acids is 1. The second-order valence-corrected chi connectivity index (χ2v) is 5.85. The maximum absolute atomic E-state index is 12.3. The van der Waals surface area contributed by atoms with Crippen LogP contribution in [0.1, 0.15) is 21.7 Å². The molecule has 8 heteroatoms. The highest BCUT2D eigenvalue weighted by atomic mass is 32.2. The highest BCUT2D eigenvalue weighted by Crippen LogP contribution is 2.25. The van der Waals surface area contributed by atoms with Crippen molar-refractivity contribution in [3.63, 3.8) is 0 Å². The molecule has 0 aliphatic heterocycles. The van der Waals surface area contributed by atoms with Crippen molar-refractivity contribution in [1.29, 1.82) is 0 Å². The first kappa shape index (κ1) is 14.1. The molecule has 0 atom stereocenters. The molecule has 7 nitrogen and oxygen atoms in total. The van der Waals surface area contributed by atoms with Crippen molar-refractivity contribution in [2.45, 2.75) is 18.7 Å². The summed E-state index contributed by atoms with van der Waals surface area (Å²) in [6.07, 6.45) is 2.89. The van der Waals surface area contributed by atoms with Crippen LogP contribution in [0.3, 0.4) is 0 Å². The number of aryl methyl sites for hydroxylation is 1. The molecule has 0 fully saturated rings. The molecule has 0 aliphatic carbocycles. The zero-order valence-corrected chi connectivity index (χ0v) is 11.7. The lowest BCUT2D eigenvalue weighted by molar-refractivity contribution is 0.0690. The van der Waals surface area contributed by atoms with Crippen LogP contribution >= 0.6 is 0 Å². The summed E-state index contributed by atoms with van der Waals surface area (Å²) >= 11 is 0. The summed E-state index contributed by atoms with van der Waals surface area (Å²) in [7, 11) is -3.87. The predicted molar refractivity (Wildman–Crippen MR) is 72.3 cm³/mol. The summed E-state index contributed by atoms with van der Waals surface area (Å²) in [5, 5.41) is 9.00. The molecule has 2 rings (SSSR count). The van der Waals surface area contributed by atoms with E-state index in [1.165, 1.54) is 26.2 Å². The van der Waals surface area contributed by atoms with E-state index >= 15 is 0 Å². The van der Waals surface area contributed by atoms with E-state index in [0.29, 0.717) is 5.69 Å². The van der Waals surface area contributed by atoms with E-state index in [2.05, 4.69) is 14.7 Å². The van der Waals surface area contributed by atoms with Crippen LogP contribution in [0.2, 0.25) is 0 Å². The molecule has 0 saturated carbocycles. The van der Waals surface area contributed by atoms with Crippen LogP contribution in [-0.4, -0.2) is 29.5 Å². The number of carbonyl (C=O) groups is 1. The Kier molecular flexibility index (Phi) is 3.49. The average molecular weight is 295 g/mol. The van der Waals surface area contributed by atoms with Gasteiger partial charge in [0.1, 0.15) is 10.6 Å². The largest absolute Gasteiger partial charge is 0.477 e. The van der Waals surface area contributed by atoms with Crippen LogP contribution in [-0.2, 0) is 10.0 Å². The van der Waals surface area contributed by atoms with E-state index in [9.17, 15) is 13.2 Å². The number of pyridine rings is 1. The minimum atomic E-state index is -3.87. The number of aromatic carboxylic acids is 1. The highest BCUT2D eigenvalue weighted by molar-refractivity contribution is 7.92. The molecule has 2 aromatic rings. The molecule has 0 saturated heterocycles. The van der Waals surface area contributed by atoms with Gasteiger partial charge in [0, 0.05) is 17.5 Å². The maximum atomic E-state index is 12.3. The van der Waals surface area contributed by atoms with Crippen LogP contribution in [0.5, 0.6) is 0 Å². The fourth-order valence-electron chi connectivity index (χ4n) is 1.98. The third-order valence-corrected chi connectivity index (χ3v) is 4.42. The number of anilines is 1. The summed E-state index contributed by atoms with van der Waals surface area (Å²) in [6, 6.07) is 3.15. The van der Waals surface area contributed by atoms with Gasteiger partial charge in [-0.15, -0.1) is 0 Å². The molecule has 3 N–H and O–H groups in total. The number of sulfonamides is 1. The van der Waals surface area contributed by atoms with E-state index in [0.717, 1.165) is 0 Å². The summed E-state index contributed by atoms with van der Waals surface area (Å²) in [4.78, 5) is 17.3. The first-order valence-electron chi connectivity index (χ1n) is 5.68. The number of H-pyrrole nitrogens is 1. The van der Waals surface area contributed by atoms with Gasteiger partial charge in [0.15, 0.2) is 0 Å². The molecule has 0 spiro atoms. The SMILES string of the molecule is Cc1[nH]c(C(=O)O)c(C)c1S(=O)(=O)Nc1cccnc1. The quantitative estimate of drug-likeness (QED) is 0.791. The van der Waals surface area contributed by atoms with Crippen LogP contribution in [0.4, 0.5) is 5.69 Å². The Balaban J connectivity index is 2.48. The molecule has 0 radical (unpaired) electrons. The minimum Gasteiger partial charge on any atom is -0.477 e. The number of nitrogens with zero attached hydrogens (tertiary/aromatic N) is 1. The third kappa shape index (κ3) is 2.50. The summed E-state index contributed by atoms with van der Waals surface area (Å²) in [5.41, 5.74) is 0.626. The van der Waals surface area contributed by atoms with E-state index in [-0.39, 0.29) is 21.8 Å². The summed E-state index contributed by atoms with van der Waals surface area (Å²) in [6.45, 7) is 2.96. The van der Waals surface area contributed by atoms with Gasteiger partial charge in [-0.1, -0.05) is 0 Å². The van der Waals surface area contributed by atoms with Crippen molar-refractivity contribution in [3.05, 3.63) is 41.5 Å². The third-order valence-electron chi connectivity index (χ3n) is 2.77. The smallest absolute Gasteiger partial charge is 0.352 e. The normalized spacial score (nSPS) is 11.3. The van der Waals surface area contributed by atoms with Crippen molar-refractivity contribution in [3.8, 4) is 0 Å². The molecular formula is C12H13N3O4S. The lowest BCUT2D eigenvalue weighted by Gasteiger charge is -2.08. The van der Waals surface area contributed by atoms with Crippen molar-refractivity contribution >= 4 is 21.7 Å². The zero-order valence-electron chi connectivity index (χ0n) is 10.8. The molecule has 20 heavy (non-hydrogen) atoms. The van der Waals surface area contributed by atoms with E-state index in [1.807, 2.05) is 0 Å². The van der Waals surface area contributed by atoms with E-state index in [4.69, 9.17) is 5.11 Å². The summed E-state index contributed by atoms with van der Waals surface area (Å²) in [5.74, 6) is -1.20. The lowest BCUT2D eigenvalue weighted by Crippen LogP contribution is -2.14. The van der Waals surface area contributed by atoms with Crippen molar-refractivity contribution in [2.75, 3.05) is 4.72 Å². The molecule has 2 heterocycles. The fraction of sp³-hybridized carbons (Fsp3) is 0.167. The topological polar surface area (TPSA) is 112 Å². The van der Waals surface area contributed by atoms with Gasteiger partial charge >= 0.3 is 5.97 Å². The average Bonchev–Trinajstić information content (AvgIpc) is 2.66. The predicted octanol–water partition coefficient (Wildman–Crippen LogP) is 1.53. The Morgan fingerprint density at radius 2 is 2.10 bits per heavy atom. The first-order valence-corrected chi connectivity index (χ1v) is 7.16. The van der Waals surface area contributed by atoms with Gasteiger partial charge in [0.25, 0.3) is 10.0 Å². The fourth-order valence-corrected chi connectivity index (χ4v) is 3.47. The van der Waals surface area contributed by atoms with Crippen molar-refractivity contribution in [2.24, 2.45) is 0 Å². The van der Waals surface area contributed by atoms with Crippen molar-refractivity contribution in [1.82, 2.24) is 9.97 Å². The molecule has 0 aliphatic rings. The lowest BCUT2D eigenvalue weighted by atomic mass is 10.2. The Labute approximate surface area is 115 Å². The van der Waals surface area contributed by atoms with Crippen LogP contribution in [0.15, 0.2) is 29.4 Å². The number of carboxylic acid groups (broad SMARTS) is 1. The van der Waals surface area contributed by atoms with Gasteiger partial charge in [0.05, 0.1) is 11.9 Å². The Morgan fingerprint density at radius 1 is 1.40 bits per heavy atom. The van der Waals surface area contributed by atoms with Gasteiger partial charge < -0.3 is 10.1 Å². The second kappa shape index (κ2) is 4.97. The number of rotatable bonds is 4. The molecule has 106 valence electrons. The standard InChI is InChI=1S/C12H13N3O4S/c1-7-10(12(16)17)14-8(2)11(7)20(18,19)15-9-4-3-5-13-6-9/h3-6,14-15H,1-2H3,(H,16,17). The Bertz CT molecular complexity index is 751. The molecular weight excluding hydrogens is 282 g/mol. The van der Waals surface area contributed by atoms with Gasteiger partial charge in [-0.2, -0.15) is 0 Å². The zero-order chi connectivity index (χ0) is 14.9. The van der Waals surface area contributed by atoms with E-state index in [1.54, 1.807) is 12.1 Å². The number of hydrogen-bond acceptors (Lipinski definition) is 4. The van der Waals surface area contributed by atoms with Crippen LogP contribution in [0, 0.1) is 13.8 Å². The summed E-state index contributed by atoms with van der Waals surface area (Å²) < 4.78 is 27.0. The van der Waals surface area contributed by atoms with Gasteiger partial charge in [0.2, 0.25) is 0 Å². The highest BCUT2D eigenvalue weighted by Gasteiger charge is 2.26. The number of nitrogens with one attached hydrogen (secondary N) is 2. The van der Waals surface area contributed by atoms with Crippen LogP contribution in [0.25, 0.3) is 0 Å². The van der Waals surface area contributed by atoms with Gasteiger partial charge in [-0.25, -0.2) is 13.2 Å². The number of aromatic amines is 1. The monoisotopic (exact) mass is 295 g/mol. The van der Waals surface area contributed by atoms with Gasteiger partial charge in [-0.05, 0) is 26.0 Å². The molecule has 0 aromatic carbocycles. The van der Waals surface area contributed by atoms with Gasteiger partial charge in [-0.3, -0.25) is 9.71 Å². The Hall–Kier alpha value is -2.35. The molecule has 2 aromatic heterocycles. The van der Waals surface area contributed by atoms with Crippen molar-refractivity contribution < 1.29 is 18.3 Å². The molecule has 0 amide bonds. The first-order chi connectivity index (χ1) is 9.33. The molecule has 0 bridgehead atoms. The maximum Gasteiger partial charge on any atom is 0.352 e.